The summed E-state index contributed by atoms with van der Waals surface area (Å²) in [6, 6.07) is 4.85. The Morgan fingerprint density at radius 2 is 2.18 bits per heavy atom. The Hall–Kier alpha value is -3.59. The van der Waals surface area contributed by atoms with Gasteiger partial charge in [-0.15, -0.1) is 0 Å². The molecule has 1 unspecified atom stereocenters. The number of fused-ring (bicyclic) bond motifs is 1. The smallest absolute Gasteiger partial charge is 0.254 e. The van der Waals surface area contributed by atoms with E-state index in [2.05, 4.69) is 20.6 Å². The number of ether oxygens (including phenoxy) is 1. The molecule has 6 rings (SSSR count). The van der Waals surface area contributed by atoms with Crippen molar-refractivity contribution in [3.63, 3.8) is 0 Å². The van der Waals surface area contributed by atoms with Crippen molar-refractivity contribution in [2.45, 2.75) is 37.8 Å². The van der Waals surface area contributed by atoms with Crippen LogP contribution in [0.25, 0.3) is 22.5 Å². The lowest BCUT2D eigenvalue weighted by molar-refractivity contribution is 0.0947. The summed E-state index contributed by atoms with van der Waals surface area (Å²) in [7, 11) is 0. The monoisotopic (exact) mass is 460 g/mol. The van der Waals surface area contributed by atoms with Crippen LogP contribution >= 0.6 is 0 Å². The molecule has 174 valence electrons. The molecule has 2 aromatic heterocycles. The summed E-state index contributed by atoms with van der Waals surface area (Å²) in [5, 5.41) is 6.24. The SMILES string of the molecule is O=C(NC1CC1)c1ccc(-c2cnc3c(NCC4CCCO4)nc(C4=CC=NC4)cn23)cc1F. The van der Waals surface area contributed by atoms with Crippen molar-refractivity contribution in [3.05, 3.63) is 53.7 Å². The summed E-state index contributed by atoms with van der Waals surface area (Å²) in [4.78, 5) is 26.0. The van der Waals surface area contributed by atoms with E-state index in [9.17, 15) is 9.18 Å². The average molecular weight is 461 g/mol. The molecule has 34 heavy (non-hydrogen) atoms. The van der Waals surface area contributed by atoms with Crippen LogP contribution in [0, 0.1) is 5.82 Å². The maximum absolute atomic E-state index is 14.9. The van der Waals surface area contributed by atoms with E-state index in [0.29, 0.717) is 35.8 Å². The molecule has 1 saturated heterocycles. The number of carbonyl (C=O) groups excluding carboxylic acids is 1. The number of halogens is 1. The number of amides is 1. The molecule has 4 heterocycles. The highest BCUT2D eigenvalue weighted by molar-refractivity contribution is 5.95. The minimum Gasteiger partial charge on any atom is -0.376 e. The van der Waals surface area contributed by atoms with E-state index in [1.54, 1.807) is 18.5 Å². The van der Waals surface area contributed by atoms with Gasteiger partial charge in [0.25, 0.3) is 5.91 Å². The Bertz CT molecular complexity index is 1320. The summed E-state index contributed by atoms with van der Waals surface area (Å²) in [5.74, 6) is -0.276. The first-order chi connectivity index (χ1) is 16.7. The number of hydrogen-bond acceptors (Lipinski definition) is 6. The Balaban J connectivity index is 1.36. The number of rotatable bonds is 7. The van der Waals surface area contributed by atoms with Crippen molar-refractivity contribution in [2.24, 2.45) is 4.99 Å². The summed E-state index contributed by atoms with van der Waals surface area (Å²) in [5.41, 5.74) is 3.82. The van der Waals surface area contributed by atoms with E-state index in [-0.39, 0.29) is 23.6 Å². The van der Waals surface area contributed by atoms with Crippen molar-refractivity contribution in [1.82, 2.24) is 19.7 Å². The second kappa shape index (κ2) is 8.64. The lowest BCUT2D eigenvalue weighted by Crippen LogP contribution is -2.26. The topological polar surface area (TPSA) is 92.9 Å². The van der Waals surface area contributed by atoms with Crippen molar-refractivity contribution in [2.75, 3.05) is 25.0 Å². The second-order valence-electron chi connectivity index (χ2n) is 8.95. The molecule has 2 N–H and O–H groups in total. The first-order valence-electron chi connectivity index (χ1n) is 11.7. The van der Waals surface area contributed by atoms with Gasteiger partial charge in [0.1, 0.15) is 5.82 Å². The highest BCUT2D eigenvalue weighted by Gasteiger charge is 2.25. The van der Waals surface area contributed by atoms with Gasteiger partial charge in [-0.05, 0) is 43.9 Å². The van der Waals surface area contributed by atoms with E-state index in [1.807, 2.05) is 16.7 Å². The molecule has 1 amide bonds. The van der Waals surface area contributed by atoms with Crippen LogP contribution < -0.4 is 10.6 Å². The van der Waals surface area contributed by atoms with Gasteiger partial charge in [-0.3, -0.25) is 14.2 Å². The Kier molecular flexibility index (Phi) is 5.33. The minimum atomic E-state index is -0.552. The molecular formula is C25H25FN6O2. The lowest BCUT2D eigenvalue weighted by Gasteiger charge is -2.14. The fourth-order valence-electron chi connectivity index (χ4n) is 4.35. The van der Waals surface area contributed by atoms with Crippen LogP contribution in [0.15, 0.2) is 41.7 Å². The first kappa shape index (κ1) is 21.0. The largest absolute Gasteiger partial charge is 0.376 e. The van der Waals surface area contributed by atoms with E-state index in [4.69, 9.17) is 9.72 Å². The first-order valence-corrected chi connectivity index (χ1v) is 11.7. The maximum Gasteiger partial charge on any atom is 0.254 e. The predicted molar refractivity (Wildman–Crippen MR) is 128 cm³/mol. The molecule has 3 aliphatic rings. The van der Waals surface area contributed by atoms with Crippen LogP contribution in [0.4, 0.5) is 10.2 Å². The van der Waals surface area contributed by atoms with Crippen molar-refractivity contribution < 1.29 is 13.9 Å². The molecule has 0 radical (unpaired) electrons. The summed E-state index contributed by atoms with van der Waals surface area (Å²) in [6.07, 6.45) is 11.5. The van der Waals surface area contributed by atoms with Crippen LogP contribution in [0.1, 0.15) is 41.7 Å². The number of aromatic nitrogens is 3. The number of carbonyl (C=O) groups is 1. The standard InChI is InChI=1S/C25H25FN6O2/c26-20-10-15(3-6-19(20)25(33)30-17-4-5-17)22-13-29-24-23(28-12-18-2-1-9-34-18)31-21(14-32(22)24)16-7-8-27-11-16/h3,6-8,10,13-14,17-18H,1-2,4-5,9,11-12H2,(H,28,31)(H,30,33). The number of benzene rings is 1. The molecule has 8 nitrogen and oxygen atoms in total. The molecule has 1 atom stereocenters. The number of aliphatic imine (C=N–C) groups is 1. The van der Waals surface area contributed by atoms with Crippen molar-refractivity contribution in [1.29, 1.82) is 0 Å². The third-order valence-electron chi connectivity index (χ3n) is 6.41. The summed E-state index contributed by atoms with van der Waals surface area (Å²) >= 11 is 0. The predicted octanol–water partition coefficient (Wildman–Crippen LogP) is 3.49. The van der Waals surface area contributed by atoms with Crippen LogP contribution in [-0.2, 0) is 4.74 Å². The molecule has 3 aromatic rings. The summed E-state index contributed by atoms with van der Waals surface area (Å²) in [6.45, 7) is 1.99. The average Bonchev–Trinajstić information content (AvgIpc) is 3.28. The van der Waals surface area contributed by atoms with E-state index in [1.165, 1.54) is 12.1 Å². The molecule has 1 aliphatic carbocycles. The molecule has 1 aromatic carbocycles. The number of nitrogens with zero attached hydrogens (tertiary/aromatic N) is 4. The number of anilines is 1. The van der Waals surface area contributed by atoms with Crippen molar-refractivity contribution in [3.8, 4) is 11.3 Å². The van der Waals surface area contributed by atoms with Gasteiger partial charge in [0.2, 0.25) is 0 Å². The Morgan fingerprint density at radius 1 is 1.26 bits per heavy atom. The molecule has 1 saturated carbocycles. The number of nitrogens with one attached hydrogen (secondary N) is 2. The van der Waals surface area contributed by atoms with Crippen LogP contribution in [0.2, 0.25) is 0 Å². The fourth-order valence-corrected chi connectivity index (χ4v) is 4.35. The molecule has 0 spiro atoms. The fraction of sp³-hybridized carbons (Fsp3) is 0.360. The highest BCUT2D eigenvalue weighted by Crippen LogP contribution is 2.29. The third-order valence-corrected chi connectivity index (χ3v) is 6.41. The van der Waals surface area contributed by atoms with Crippen LogP contribution in [0.5, 0.6) is 0 Å². The molecular weight excluding hydrogens is 435 g/mol. The number of hydrogen-bond donors (Lipinski definition) is 2. The Morgan fingerprint density at radius 3 is 2.91 bits per heavy atom. The van der Waals surface area contributed by atoms with Gasteiger partial charge in [0, 0.05) is 42.7 Å². The molecule has 9 heteroatoms. The maximum atomic E-state index is 14.9. The molecule has 0 bridgehead atoms. The van der Waals surface area contributed by atoms with Gasteiger partial charge in [0.15, 0.2) is 11.5 Å². The number of allylic oxidation sites excluding steroid dienone is 1. The zero-order valence-corrected chi connectivity index (χ0v) is 18.6. The van der Waals surface area contributed by atoms with Gasteiger partial charge in [0.05, 0.1) is 35.8 Å². The normalized spacial score (nSPS) is 19.6. The quantitative estimate of drug-likeness (QED) is 0.563. The molecule has 2 aliphatic heterocycles. The highest BCUT2D eigenvalue weighted by atomic mass is 19.1. The van der Waals surface area contributed by atoms with Crippen LogP contribution in [0.3, 0.4) is 0 Å². The van der Waals surface area contributed by atoms with E-state index >= 15 is 0 Å². The minimum absolute atomic E-state index is 0.0546. The molecule has 2 fully saturated rings. The van der Waals surface area contributed by atoms with Gasteiger partial charge in [-0.25, -0.2) is 14.4 Å². The third kappa shape index (κ3) is 4.07. The number of imidazole rings is 1. The van der Waals surface area contributed by atoms with Gasteiger partial charge < -0.3 is 15.4 Å². The lowest BCUT2D eigenvalue weighted by atomic mass is 10.1. The van der Waals surface area contributed by atoms with Crippen molar-refractivity contribution >= 4 is 29.2 Å². The van der Waals surface area contributed by atoms with Gasteiger partial charge >= 0.3 is 0 Å². The zero-order valence-electron chi connectivity index (χ0n) is 18.6. The van der Waals surface area contributed by atoms with Gasteiger partial charge in [-0.2, -0.15) is 0 Å². The second-order valence-corrected chi connectivity index (χ2v) is 8.95. The van der Waals surface area contributed by atoms with Gasteiger partial charge in [-0.1, -0.05) is 6.07 Å². The zero-order chi connectivity index (χ0) is 23.1. The van der Waals surface area contributed by atoms with E-state index in [0.717, 1.165) is 43.6 Å². The van der Waals surface area contributed by atoms with E-state index < -0.39 is 5.82 Å². The van der Waals surface area contributed by atoms with Crippen LogP contribution in [-0.4, -0.2) is 58.3 Å². The Labute approximate surface area is 196 Å². The summed E-state index contributed by atoms with van der Waals surface area (Å²) < 4.78 is 22.6.